The monoisotopic (exact) mass is 379 g/mol. The molecule has 3 heterocycles. The first-order valence-corrected chi connectivity index (χ1v) is 9.32. The topological polar surface area (TPSA) is 70.8 Å². The molecule has 0 saturated carbocycles. The number of Topliss-reactive ketones (excluding diaryl/α,β-unsaturated/α-hetero) is 1. The summed E-state index contributed by atoms with van der Waals surface area (Å²) >= 11 is 1.45. The molecular formula is C21H17NO4S. The number of aryl methyl sites for hydroxylation is 2. The van der Waals surface area contributed by atoms with Crippen LogP contribution in [0.5, 0.6) is 0 Å². The predicted octanol–water partition coefficient (Wildman–Crippen LogP) is 4.74. The molecule has 1 aromatic carbocycles. The molecule has 3 aromatic rings. The van der Waals surface area contributed by atoms with Crippen LogP contribution in [0.1, 0.15) is 32.6 Å². The molecular weight excluding hydrogens is 362 g/mol. The van der Waals surface area contributed by atoms with E-state index in [0.29, 0.717) is 5.69 Å². The molecule has 0 aliphatic carbocycles. The van der Waals surface area contributed by atoms with Crippen LogP contribution < -0.4 is 4.90 Å². The Hall–Kier alpha value is -3.12. The Morgan fingerprint density at radius 3 is 2.48 bits per heavy atom. The fraction of sp³-hybridized carbons (Fsp3) is 0.143. The van der Waals surface area contributed by atoms with Crippen molar-refractivity contribution in [1.82, 2.24) is 0 Å². The number of thiophene rings is 1. The molecule has 4 rings (SSSR count). The molecule has 1 aliphatic heterocycles. The number of aliphatic hydroxyl groups is 1. The van der Waals surface area contributed by atoms with Crippen LogP contribution in [0.25, 0.3) is 0 Å². The van der Waals surface area contributed by atoms with E-state index in [1.54, 1.807) is 6.07 Å². The molecule has 6 heteroatoms. The molecule has 1 aliphatic rings. The highest BCUT2D eigenvalue weighted by Gasteiger charge is 2.46. The van der Waals surface area contributed by atoms with Crippen molar-refractivity contribution in [3.63, 3.8) is 0 Å². The van der Waals surface area contributed by atoms with Gasteiger partial charge < -0.3 is 9.52 Å². The van der Waals surface area contributed by atoms with Crippen LogP contribution in [0.3, 0.4) is 0 Å². The van der Waals surface area contributed by atoms with Gasteiger partial charge in [0.1, 0.15) is 6.04 Å². The number of anilines is 1. The van der Waals surface area contributed by atoms with E-state index in [0.717, 1.165) is 16.0 Å². The number of carbonyl (C=O) groups is 2. The zero-order valence-electron chi connectivity index (χ0n) is 14.8. The number of hydrogen-bond donors (Lipinski definition) is 1. The third-order valence-corrected chi connectivity index (χ3v) is 5.73. The zero-order chi connectivity index (χ0) is 19.1. The van der Waals surface area contributed by atoms with Crippen molar-refractivity contribution in [2.24, 2.45) is 0 Å². The summed E-state index contributed by atoms with van der Waals surface area (Å²) in [5.41, 5.74) is 2.67. The normalized spacial score (nSPS) is 17.0. The minimum absolute atomic E-state index is 0.0427. The first kappa shape index (κ1) is 17.3. The summed E-state index contributed by atoms with van der Waals surface area (Å²) in [7, 11) is 0. The van der Waals surface area contributed by atoms with Crippen molar-refractivity contribution in [2.75, 3.05) is 4.90 Å². The number of amides is 1. The van der Waals surface area contributed by atoms with Gasteiger partial charge in [0.2, 0.25) is 5.78 Å². The number of rotatable bonds is 4. The van der Waals surface area contributed by atoms with Crippen LogP contribution in [0, 0.1) is 13.8 Å². The maximum Gasteiger partial charge on any atom is 0.294 e. The van der Waals surface area contributed by atoms with E-state index in [-0.39, 0.29) is 11.3 Å². The standard InChI is InChI=1S/C21H17NO4S/c1-12-5-7-14(8-6-12)22-17(20-13(2)9-11-27-20)16(19(24)21(22)25)18(23)15-4-3-10-26-15/h3-11,17,24H,1-2H3. The van der Waals surface area contributed by atoms with Gasteiger partial charge in [-0.15, -0.1) is 11.3 Å². The van der Waals surface area contributed by atoms with Crippen molar-refractivity contribution in [1.29, 1.82) is 0 Å². The Kier molecular flexibility index (Phi) is 4.20. The number of aliphatic hydroxyl groups excluding tert-OH is 1. The van der Waals surface area contributed by atoms with Crippen molar-refractivity contribution in [3.8, 4) is 0 Å². The number of nitrogens with zero attached hydrogens (tertiary/aromatic N) is 1. The van der Waals surface area contributed by atoms with E-state index in [9.17, 15) is 14.7 Å². The number of hydrogen-bond acceptors (Lipinski definition) is 5. The molecule has 0 radical (unpaired) electrons. The molecule has 2 aromatic heterocycles. The van der Waals surface area contributed by atoms with Gasteiger partial charge in [0.05, 0.1) is 11.8 Å². The largest absolute Gasteiger partial charge is 0.503 e. The van der Waals surface area contributed by atoms with E-state index >= 15 is 0 Å². The fourth-order valence-electron chi connectivity index (χ4n) is 3.26. The molecule has 27 heavy (non-hydrogen) atoms. The molecule has 0 bridgehead atoms. The lowest BCUT2D eigenvalue weighted by atomic mass is 9.98. The Bertz CT molecular complexity index is 1040. The lowest BCUT2D eigenvalue weighted by Crippen LogP contribution is -2.30. The van der Waals surface area contributed by atoms with Crippen molar-refractivity contribution in [2.45, 2.75) is 19.9 Å². The molecule has 0 spiro atoms. The average molecular weight is 379 g/mol. The Morgan fingerprint density at radius 2 is 1.89 bits per heavy atom. The number of benzene rings is 1. The van der Waals surface area contributed by atoms with Crippen molar-refractivity contribution >= 4 is 28.7 Å². The summed E-state index contributed by atoms with van der Waals surface area (Å²) in [6.07, 6.45) is 1.39. The quantitative estimate of drug-likeness (QED) is 0.665. The van der Waals surface area contributed by atoms with Gasteiger partial charge in [-0.25, -0.2) is 0 Å². The van der Waals surface area contributed by atoms with Crippen molar-refractivity contribution in [3.05, 3.63) is 87.2 Å². The molecule has 0 saturated heterocycles. The van der Waals surface area contributed by atoms with Gasteiger partial charge >= 0.3 is 0 Å². The molecule has 1 atom stereocenters. The van der Waals surface area contributed by atoms with E-state index in [1.807, 2.05) is 49.6 Å². The SMILES string of the molecule is Cc1ccc(N2C(=O)C(O)=C(C(=O)c3ccco3)C2c2sccc2C)cc1. The second kappa shape index (κ2) is 6.55. The van der Waals surface area contributed by atoms with Crippen LogP contribution >= 0.6 is 11.3 Å². The van der Waals surface area contributed by atoms with Gasteiger partial charge in [-0.1, -0.05) is 17.7 Å². The number of carbonyl (C=O) groups excluding carboxylic acids is 2. The van der Waals surface area contributed by atoms with Crippen LogP contribution in [0.4, 0.5) is 5.69 Å². The summed E-state index contributed by atoms with van der Waals surface area (Å²) in [5.74, 6) is -1.52. The summed E-state index contributed by atoms with van der Waals surface area (Å²) in [5, 5.41) is 12.5. The Morgan fingerprint density at radius 1 is 1.15 bits per heavy atom. The first-order chi connectivity index (χ1) is 13.0. The zero-order valence-corrected chi connectivity index (χ0v) is 15.6. The highest BCUT2D eigenvalue weighted by Crippen LogP contribution is 2.44. The lowest BCUT2D eigenvalue weighted by molar-refractivity contribution is -0.117. The minimum atomic E-state index is -0.696. The van der Waals surface area contributed by atoms with Crippen LogP contribution in [0.2, 0.25) is 0 Å². The van der Waals surface area contributed by atoms with E-state index in [4.69, 9.17) is 4.42 Å². The van der Waals surface area contributed by atoms with E-state index < -0.39 is 23.5 Å². The molecule has 5 nitrogen and oxygen atoms in total. The maximum absolute atomic E-state index is 13.0. The smallest absolute Gasteiger partial charge is 0.294 e. The maximum atomic E-state index is 13.0. The third-order valence-electron chi connectivity index (χ3n) is 4.66. The first-order valence-electron chi connectivity index (χ1n) is 8.44. The van der Waals surface area contributed by atoms with E-state index in [2.05, 4.69) is 0 Å². The van der Waals surface area contributed by atoms with Crippen molar-refractivity contribution < 1.29 is 19.1 Å². The molecule has 136 valence electrons. The fourth-order valence-corrected chi connectivity index (χ4v) is 4.29. The summed E-state index contributed by atoms with van der Waals surface area (Å²) in [6.45, 7) is 3.88. The second-order valence-corrected chi connectivity index (χ2v) is 7.40. The van der Waals surface area contributed by atoms with Gasteiger partial charge in [-0.3, -0.25) is 14.5 Å². The molecule has 1 amide bonds. The lowest BCUT2D eigenvalue weighted by Gasteiger charge is -2.26. The Labute approximate surface area is 160 Å². The number of ketones is 1. The van der Waals surface area contributed by atoms with Gasteiger partial charge in [0, 0.05) is 10.6 Å². The van der Waals surface area contributed by atoms with Crippen LogP contribution in [-0.4, -0.2) is 16.8 Å². The molecule has 0 fully saturated rings. The van der Waals surface area contributed by atoms with Crippen LogP contribution in [0.15, 0.2) is 69.9 Å². The molecule has 1 N–H and O–H groups in total. The third kappa shape index (κ3) is 2.78. The summed E-state index contributed by atoms with van der Waals surface area (Å²) < 4.78 is 5.22. The molecule has 1 unspecified atom stereocenters. The highest BCUT2D eigenvalue weighted by atomic mass is 32.1. The average Bonchev–Trinajstić information content (AvgIpc) is 3.37. The predicted molar refractivity (Wildman–Crippen MR) is 103 cm³/mol. The summed E-state index contributed by atoms with van der Waals surface area (Å²) in [6, 6.07) is 11.8. The van der Waals surface area contributed by atoms with Gasteiger partial charge in [0.25, 0.3) is 5.91 Å². The Balaban J connectivity index is 1.89. The highest BCUT2D eigenvalue weighted by molar-refractivity contribution is 7.10. The number of furan rings is 1. The minimum Gasteiger partial charge on any atom is -0.503 e. The van der Waals surface area contributed by atoms with Gasteiger partial charge in [-0.05, 0) is 55.1 Å². The van der Waals surface area contributed by atoms with Gasteiger partial charge in [-0.2, -0.15) is 0 Å². The second-order valence-electron chi connectivity index (χ2n) is 6.45. The van der Waals surface area contributed by atoms with Gasteiger partial charge in [0.15, 0.2) is 11.5 Å². The van der Waals surface area contributed by atoms with Crippen LogP contribution in [-0.2, 0) is 4.79 Å². The van der Waals surface area contributed by atoms with E-state index in [1.165, 1.54) is 28.6 Å². The summed E-state index contributed by atoms with van der Waals surface area (Å²) in [4.78, 5) is 28.3.